The number of aliphatic hydroxyl groups is 2. The Labute approximate surface area is 98.1 Å². The standard InChI is InChI=1S/C9H9BrF3NO2/c10-4-6(15)8(16)5-1-2-14-7(3-5)9(11,12)13/h1-3,6,8,15-16H,4H2. The first-order valence-corrected chi connectivity index (χ1v) is 5.43. The van der Waals surface area contributed by atoms with Gasteiger partial charge in [0.15, 0.2) is 0 Å². The lowest BCUT2D eigenvalue weighted by Gasteiger charge is -2.16. The minimum absolute atomic E-state index is 0.0192. The van der Waals surface area contributed by atoms with Crippen molar-refractivity contribution in [2.24, 2.45) is 0 Å². The van der Waals surface area contributed by atoms with Gasteiger partial charge in [-0.3, -0.25) is 4.98 Å². The zero-order chi connectivity index (χ0) is 12.3. The number of aromatic nitrogens is 1. The summed E-state index contributed by atoms with van der Waals surface area (Å²) >= 11 is 2.92. The molecule has 0 bridgehead atoms. The van der Waals surface area contributed by atoms with E-state index in [0.29, 0.717) is 0 Å². The van der Waals surface area contributed by atoms with Crippen LogP contribution in [0.2, 0.25) is 0 Å². The van der Waals surface area contributed by atoms with E-state index >= 15 is 0 Å². The average molecular weight is 300 g/mol. The molecule has 1 rings (SSSR count). The molecule has 1 aromatic rings. The monoisotopic (exact) mass is 299 g/mol. The van der Waals surface area contributed by atoms with Crippen molar-refractivity contribution in [3.8, 4) is 0 Å². The first-order chi connectivity index (χ1) is 7.36. The number of alkyl halides is 4. The summed E-state index contributed by atoms with van der Waals surface area (Å²) in [5.74, 6) is 0. The van der Waals surface area contributed by atoms with E-state index in [-0.39, 0.29) is 10.9 Å². The van der Waals surface area contributed by atoms with Gasteiger partial charge >= 0.3 is 6.18 Å². The predicted molar refractivity (Wildman–Crippen MR) is 54.0 cm³/mol. The molecule has 0 amide bonds. The third-order valence-corrected chi connectivity index (χ3v) is 2.60. The molecule has 0 aliphatic rings. The van der Waals surface area contributed by atoms with Gasteiger partial charge in [-0.15, -0.1) is 0 Å². The quantitative estimate of drug-likeness (QED) is 0.838. The zero-order valence-electron chi connectivity index (χ0n) is 7.95. The molecular formula is C9H9BrF3NO2. The van der Waals surface area contributed by atoms with Crippen LogP contribution in [0.5, 0.6) is 0 Å². The molecule has 0 aromatic carbocycles. The van der Waals surface area contributed by atoms with Crippen LogP contribution in [-0.4, -0.2) is 26.6 Å². The van der Waals surface area contributed by atoms with Crippen LogP contribution in [0.4, 0.5) is 13.2 Å². The van der Waals surface area contributed by atoms with Crippen molar-refractivity contribution in [1.82, 2.24) is 4.98 Å². The molecule has 0 saturated carbocycles. The highest BCUT2D eigenvalue weighted by atomic mass is 79.9. The third-order valence-electron chi connectivity index (χ3n) is 1.94. The SMILES string of the molecule is OC(CBr)C(O)c1ccnc(C(F)(F)F)c1. The van der Waals surface area contributed by atoms with E-state index in [0.717, 1.165) is 12.3 Å². The molecule has 0 saturated heterocycles. The van der Waals surface area contributed by atoms with Gasteiger partial charge in [-0.2, -0.15) is 13.2 Å². The first-order valence-electron chi connectivity index (χ1n) is 4.31. The van der Waals surface area contributed by atoms with Crippen LogP contribution in [0.25, 0.3) is 0 Å². The molecule has 0 spiro atoms. The Bertz CT molecular complexity index is 359. The second kappa shape index (κ2) is 5.11. The fraction of sp³-hybridized carbons (Fsp3) is 0.444. The number of aliphatic hydroxyl groups excluding tert-OH is 2. The number of rotatable bonds is 3. The Balaban J connectivity index is 2.99. The van der Waals surface area contributed by atoms with Gasteiger partial charge in [-0.05, 0) is 17.7 Å². The Morgan fingerprint density at radius 3 is 2.50 bits per heavy atom. The normalized spacial score (nSPS) is 15.9. The van der Waals surface area contributed by atoms with E-state index < -0.39 is 24.1 Å². The molecule has 16 heavy (non-hydrogen) atoms. The molecule has 2 atom stereocenters. The highest BCUT2D eigenvalue weighted by Crippen LogP contribution is 2.29. The number of halogens is 4. The van der Waals surface area contributed by atoms with E-state index in [4.69, 9.17) is 0 Å². The molecule has 1 heterocycles. The fourth-order valence-electron chi connectivity index (χ4n) is 1.09. The molecule has 2 N–H and O–H groups in total. The number of hydrogen-bond acceptors (Lipinski definition) is 3. The van der Waals surface area contributed by atoms with E-state index in [1.807, 2.05) is 0 Å². The Hall–Kier alpha value is -0.660. The summed E-state index contributed by atoms with van der Waals surface area (Å²) in [4.78, 5) is 3.15. The van der Waals surface area contributed by atoms with Gasteiger partial charge in [0.05, 0.1) is 6.10 Å². The van der Waals surface area contributed by atoms with Crippen LogP contribution in [0, 0.1) is 0 Å². The highest BCUT2D eigenvalue weighted by Gasteiger charge is 2.33. The lowest BCUT2D eigenvalue weighted by Crippen LogP contribution is -2.20. The van der Waals surface area contributed by atoms with Gasteiger partial charge in [0.2, 0.25) is 0 Å². The van der Waals surface area contributed by atoms with Crippen LogP contribution in [0.15, 0.2) is 18.3 Å². The Morgan fingerprint density at radius 1 is 1.38 bits per heavy atom. The lowest BCUT2D eigenvalue weighted by molar-refractivity contribution is -0.141. The fourth-order valence-corrected chi connectivity index (χ4v) is 1.45. The predicted octanol–water partition coefficient (Wildman–Crippen LogP) is 1.89. The Morgan fingerprint density at radius 2 is 2.00 bits per heavy atom. The van der Waals surface area contributed by atoms with E-state index in [1.54, 1.807) is 0 Å². The van der Waals surface area contributed by atoms with Gasteiger partial charge in [-0.1, -0.05) is 15.9 Å². The van der Waals surface area contributed by atoms with Crippen LogP contribution in [0.3, 0.4) is 0 Å². The van der Waals surface area contributed by atoms with E-state index in [1.165, 1.54) is 6.07 Å². The van der Waals surface area contributed by atoms with Crippen LogP contribution in [-0.2, 0) is 6.18 Å². The van der Waals surface area contributed by atoms with Crippen LogP contribution < -0.4 is 0 Å². The summed E-state index contributed by atoms with van der Waals surface area (Å²) in [6, 6.07) is 1.95. The molecular weight excluding hydrogens is 291 g/mol. The van der Waals surface area contributed by atoms with Gasteiger partial charge < -0.3 is 10.2 Å². The molecule has 0 fully saturated rings. The molecule has 90 valence electrons. The van der Waals surface area contributed by atoms with Crippen molar-refractivity contribution < 1.29 is 23.4 Å². The Kier molecular flexibility index (Phi) is 4.28. The maximum Gasteiger partial charge on any atom is 0.433 e. The number of pyridine rings is 1. The minimum atomic E-state index is -4.56. The smallest absolute Gasteiger partial charge is 0.389 e. The summed E-state index contributed by atoms with van der Waals surface area (Å²) in [6.45, 7) is 0. The molecule has 3 nitrogen and oxygen atoms in total. The summed E-state index contributed by atoms with van der Waals surface area (Å²) < 4.78 is 36.9. The average Bonchev–Trinajstić information content (AvgIpc) is 2.26. The minimum Gasteiger partial charge on any atom is -0.389 e. The third kappa shape index (κ3) is 3.16. The van der Waals surface area contributed by atoms with E-state index in [9.17, 15) is 23.4 Å². The lowest BCUT2D eigenvalue weighted by atomic mass is 10.1. The summed E-state index contributed by atoms with van der Waals surface area (Å²) in [6.07, 6.45) is -6.15. The number of nitrogens with zero attached hydrogens (tertiary/aromatic N) is 1. The van der Waals surface area contributed by atoms with Crippen molar-refractivity contribution >= 4 is 15.9 Å². The second-order valence-corrected chi connectivity index (χ2v) is 3.79. The van der Waals surface area contributed by atoms with Gasteiger partial charge in [0.25, 0.3) is 0 Å². The maximum absolute atomic E-state index is 12.3. The molecule has 0 aliphatic heterocycles. The van der Waals surface area contributed by atoms with E-state index in [2.05, 4.69) is 20.9 Å². The van der Waals surface area contributed by atoms with Crippen LogP contribution in [0.1, 0.15) is 17.4 Å². The molecule has 0 radical (unpaired) electrons. The van der Waals surface area contributed by atoms with Crippen LogP contribution >= 0.6 is 15.9 Å². The summed E-state index contributed by atoms with van der Waals surface area (Å²) in [5.41, 5.74) is -1.11. The first kappa shape index (κ1) is 13.4. The molecule has 2 unspecified atom stereocenters. The largest absolute Gasteiger partial charge is 0.433 e. The highest BCUT2D eigenvalue weighted by molar-refractivity contribution is 9.09. The van der Waals surface area contributed by atoms with Crippen molar-refractivity contribution in [3.05, 3.63) is 29.6 Å². The molecule has 7 heteroatoms. The van der Waals surface area contributed by atoms with Crippen molar-refractivity contribution in [3.63, 3.8) is 0 Å². The van der Waals surface area contributed by atoms with Gasteiger partial charge in [-0.25, -0.2) is 0 Å². The number of hydrogen-bond donors (Lipinski definition) is 2. The summed E-state index contributed by atoms with van der Waals surface area (Å²) in [5, 5.41) is 18.8. The molecule has 0 aliphatic carbocycles. The van der Waals surface area contributed by atoms with Crippen molar-refractivity contribution in [1.29, 1.82) is 0 Å². The van der Waals surface area contributed by atoms with Crippen molar-refractivity contribution in [2.45, 2.75) is 18.4 Å². The summed E-state index contributed by atoms with van der Waals surface area (Å²) in [7, 11) is 0. The van der Waals surface area contributed by atoms with Gasteiger partial charge in [0.1, 0.15) is 11.8 Å². The van der Waals surface area contributed by atoms with Gasteiger partial charge in [0, 0.05) is 11.5 Å². The van der Waals surface area contributed by atoms with Crippen molar-refractivity contribution in [2.75, 3.05) is 5.33 Å². The maximum atomic E-state index is 12.3. The topological polar surface area (TPSA) is 53.4 Å². The zero-order valence-corrected chi connectivity index (χ0v) is 9.53. The molecule has 1 aromatic heterocycles. The second-order valence-electron chi connectivity index (χ2n) is 3.14.